The molecule has 1 amide bonds. The zero-order valence-corrected chi connectivity index (χ0v) is 18.9. The molecule has 0 bridgehead atoms. The fourth-order valence-corrected chi connectivity index (χ4v) is 4.91. The van der Waals surface area contributed by atoms with Gasteiger partial charge in [-0.05, 0) is 43.5 Å². The topological polar surface area (TPSA) is 90.6 Å². The highest BCUT2D eigenvalue weighted by atomic mass is 32.2. The quantitative estimate of drug-likeness (QED) is 0.532. The SMILES string of the molecule is COc1cc2c(cc1OC)CN(C(=O)CSc1nnc(-c3sc(C)nc3C)o1)CC2. The Morgan fingerprint density at radius 3 is 2.60 bits per heavy atom. The van der Waals surface area contributed by atoms with Gasteiger partial charge in [-0.2, -0.15) is 0 Å². The van der Waals surface area contributed by atoms with Crippen molar-refractivity contribution < 1.29 is 18.7 Å². The number of amides is 1. The number of thiazole rings is 1. The summed E-state index contributed by atoms with van der Waals surface area (Å²) in [5, 5.41) is 9.49. The summed E-state index contributed by atoms with van der Waals surface area (Å²) in [5.41, 5.74) is 3.13. The molecule has 0 fully saturated rings. The van der Waals surface area contributed by atoms with E-state index in [1.807, 2.05) is 30.9 Å². The molecule has 0 N–H and O–H groups in total. The van der Waals surface area contributed by atoms with Crippen LogP contribution in [0.25, 0.3) is 10.8 Å². The number of fused-ring (bicyclic) bond motifs is 1. The van der Waals surface area contributed by atoms with Gasteiger partial charge in [0.05, 0.1) is 30.7 Å². The van der Waals surface area contributed by atoms with Crippen molar-refractivity contribution in [2.75, 3.05) is 26.5 Å². The highest BCUT2D eigenvalue weighted by Gasteiger charge is 2.24. The normalized spacial score (nSPS) is 13.3. The number of methoxy groups -OCH3 is 2. The van der Waals surface area contributed by atoms with Crippen molar-refractivity contribution in [3.63, 3.8) is 0 Å². The van der Waals surface area contributed by atoms with Gasteiger partial charge in [0.2, 0.25) is 5.91 Å². The Bertz CT molecular complexity index is 1080. The van der Waals surface area contributed by atoms with Crippen molar-refractivity contribution in [1.29, 1.82) is 0 Å². The number of aryl methyl sites for hydroxylation is 2. The summed E-state index contributed by atoms with van der Waals surface area (Å²) in [5.74, 6) is 2.10. The largest absolute Gasteiger partial charge is 0.493 e. The molecule has 1 aliphatic rings. The monoisotopic (exact) mass is 446 g/mol. The third-order valence-corrected chi connectivity index (χ3v) is 6.76. The van der Waals surface area contributed by atoms with Crippen LogP contribution in [0.2, 0.25) is 0 Å². The molecule has 0 aliphatic carbocycles. The summed E-state index contributed by atoms with van der Waals surface area (Å²) in [6, 6.07) is 3.94. The van der Waals surface area contributed by atoms with Gasteiger partial charge in [-0.15, -0.1) is 21.5 Å². The predicted octanol–water partition coefficient (Wildman–Crippen LogP) is 3.50. The average molecular weight is 447 g/mol. The highest BCUT2D eigenvalue weighted by molar-refractivity contribution is 7.99. The second-order valence-electron chi connectivity index (χ2n) is 6.85. The molecule has 3 aromatic rings. The Morgan fingerprint density at radius 2 is 1.93 bits per heavy atom. The minimum absolute atomic E-state index is 0.0324. The van der Waals surface area contributed by atoms with Crippen LogP contribution in [-0.2, 0) is 17.8 Å². The van der Waals surface area contributed by atoms with Crippen molar-refractivity contribution >= 4 is 29.0 Å². The number of aromatic nitrogens is 3. The lowest BCUT2D eigenvalue weighted by Crippen LogP contribution is -2.37. The molecule has 8 nitrogen and oxygen atoms in total. The number of ether oxygens (including phenoxy) is 2. The van der Waals surface area contributed by atoms with Crippen LogP contribution in [0.4, 0.5) is 0 Å². The van der Waals surface area contributed by atoms with Crippen LogP contribution < -0.4 is 9.47 Å². The van der Waals surface area contributed by atoms with Gasteiger partial charge in [0.1, 0.15) is 4.88 Å². The number of carbonyl (C=O) groups excluding carboxylic acids is 1. The Kier molecular flexibility index (Phi) is 5.96. The molecule has 1 aromatic carbocycles. The van der Waals surface area contributed by atoms with E-state index in [2.05, 4.69) is 15.2 Å². The lowest BCUT2D eigenvalue weighted by Gasteiger charge is -2.29. The van der Waals surface area contributed by atoms with E-state index in [9.17, 15) is 4.79 Å². The van der Waals surface area contributed by atoms with Crippen molar-refractivity contribution in [3.05, 3.63) is 34.0 Å². The van der Waals surface area contributed by atoms with Crippen LogP contribution in [0.1, 0.15) is 21.8 Å². The zero-order valence-electron chi connectivity index (χ0n) is 17.2. The summed E-state index contributed by atoms with van der Waals surface area (Å²) in [6.45, 7) is 5.06. The number of thioether (sulfide) groups is 1. The summed E-state index contributed by atoms with van der Waals surface area (Å²) in [6.07, 6.45) is 0.779. The zero-order chi connectivity index (χ0) is 21.3. The molecule has 0 spiro atoms. The minimum atomic E-state index is 0.0324. The van der Waals surface area contributed by atoms with Crippen LogP contribution >= 0.6 is 23.1 Å². The molecule has 1 aliphatic heterocycles. The Balaban J connectivity index is 1.39. The maximum atomic E-state index is 12.7. The molecule has 0 atom stereocenters. The second kappa shape index (κ2) is 8.65. The summed E-state index contributed by atoms with van der Waals surface area (Å²) >= 11 is 2.77. The molecule has 0 radical (unpaired) electrons. The number of nitrogens with zero attached hydrogens (tertiary/aromatic N) is 4. The standard InChI is InChI=1S/C20H22N4O4S2/c1-11-18(30-12(2)21-11)19-22-23-20(28-19)29-10-17(25)24-6-5-13-7-15(26-3)16(27-4)8-14(13)9-24/h7-8H,5-6,9-10H2,1-4H3. The summed E-state index contributed by atoms with van der Waals surface area (Å²) in [4.78, 5) is 19.8. The Morgan fingerprint density at radius 1 is 1.20 bits per heavy atom. The van der Waals surface area contributed by atoms with Crippen molar-refractivity contribution in [2.24, 2.45) is 0 Å². The Labute approximate surface area is 182 Å². The molecule has 158 valence electrons. The van der Waals surface area contributed by atoms with Gasteiger partial charge in [0.25, 0.3) is 11.1 Å². The van der Waals surface area contributed by atoms with Gasteiger partial charge in [-0.25, -0.2) is 4.98 Å². The first kappa shape index (κ1) is 20.7. The molecule has 0 saturated heterocycles. The van der Waals surface area contributed by atoms with E-state index in [-0.39, 0.29) is 11.7 Å². The lowest BCUT2D eigenvalue weighted by molar-refractivity contribution is -0.129. The molecule has 0 unspecified atom stereocenters. The molecule has 3 heterocycles. The summed E-state index contributed by atoms with van der Waals surface area (Å²) < 4.78 is 16.5. The third-order valence-electron chi connectivity index (χ3n) is 4.89. The van der Waals surface area contributed by atoms with Crippen molar-refractivity contribution in [2.45, 2.75) is 32.0 Å². The van der Waals surface area contributed by atoms with Gasteiger partial charge in [0.15, 0.2) is 11.5 Å². The van der Waals surface area contributed by atoms with E-state index in [0.29, 0.717) is 35.7 Å². The number of carbonyl (C=O) groups is 1. The van der Waals surface area contributed by atoms with Crippen LogP contribution in [-0.4, -0.2) is 52.5 Å². The van der Waals surface area contributed by atoms with Gasteiger partial charge in [0, 0.05) is 13.1 Å². The number of hydrogen-bond acceptors (Lipinski definition) is 9. The number of rotatable bonds is 6. The van der Waals surface area contributed by atoms with E-state index in [4.69, 9.17) is 13.9 Å². The number of benzene rings is 1. The average Bonchev–Trinajstić information content (AvgIpc) is 3.35. The maximum Gasteiger partial charge on any atom is 0.277 e. The predicted molar refractivity (Wildman–Crippen MR) is 114 cm³/mol. The summed E-state index contributed by atoms with van der Waals surface area (Å²) in [7, 11) is 3.24. The molecular formula is C20H22N4O4S2. The first-order valence-electron chi connectivity index (χ1n) is 9.40. The van der Waals surface area contributed by atoms with Crippen molar-refractivity contribution in [3.8, 4) is 22.3 Å². The second-order valence-corrected chi connectivity index (χ2v) is 8.98. The first-order chi connectivity index (χ1) is 14.5. The van der Waals surface area contributed by atoms with Gasteiger partial charge in [-0.1, -0.05) is 11.8 Å². The molecule has 2 aromatic heterocycles. The minimum Gasteiger partial charge on any atom is -0.493 e. The van der Waals surface area contributed by atoms with E-state index in [1.165, 1.54) is 28.7 Å². The maximum absolute atomic E-state index is 12.7. The molecule has 0 saturated carbocycles. The van der Waals surface area contributed by atoms with Gasteiger partial charge >= 0.3 is 0 Å². The highest BCUT2D eigenvalue weighted by Crippen LogP contribution is 2.34. The van der Waals surface area contributed by atoms with E-state index < -0.39 is 0 Å². The van der Waals surface area contributed by atoms with E-state index in [1.54, 1.807) is 14.2 Å². The molecular weight excluding hydrogens is 424 g/mol. The number of hydrogen-bond donors (Lipinski definition) is 0. The third kappa shape index (κ3) is 4.15. The van der Waals surface area contributed by atoms with Crippen LogP contribution in [0, 0.1) is 13.8 Å². The van der Waals surface area contributed by atoms with E-state index in [0.717, 1.165) is 27.6 Å². The first-order valence-corrected chi connectivity index (χ1v) is 11.2. The van der Waals surface area contributed by atoms with Gasteiger partial charge < -0.3 is 18.8 Å². The fraction of sp³-hybridized carbons (Fsp3) is 0.400. The van der Waals surface area contributed by atoms with Crippen LogP contribution in [0.3, 0.4) is 0 Å². The Hall–Kier alpha value is -2.59. The smallest absolute Gasteiger partial charge is 0.277 e. The van der Waals surface area contributed by atoms with Gasteiger partial charge in [-0.3, -0.25) is 4.79 Å². The lowest BCUT2D eigenvalue weighted by atomic mass is 9.99. The van der Waals surface area contributed by atoms with Crippen LogP contribution in [0.15, 0.2) is 21.8 Å². The molecule has 10 heteroatoms. The van der Waals surface area contributed by atoms with Crippen LogP contribution in [0.5, 0.6) is 11.5 Å². The molecule has 30 heavy (non-hydrogen) atoms. The van der Waals surface area contributed by atoms with E-state index >= 15 is 0 Å². The fourth-order valence-electron chi connectivity index (χ4n) is 3.40. The molecule has 4 rings (SSSR count). The van der Waals surface area contributed by atoms with Crippen molar-refractivity contribution in [1.82, 2.24) is 20.1 Å².